The van der Waals surface area contributed by atoms with Gasteiger partial charge in [-0.3, -0.25) is 9.59 Å². The van der Waals surface area contributed by atoms with E-state index >= 15 is 0 Å². The van der Waals surface area contributed by atoms with Crippen LogP contribution in [-0.2, 0) is 9.59 Å². The van der Waals surface area contributed by atoms with Gasteiger partial charge in [-0.05, 0) is 12.8 Å². The second-order valence-electron chi connectivity index (χ2n) is 6.79. The van der Waals surface area contributed by atoms with Gasteiger partial charge in [-0.1, -0.05) is 27.7 Å². The van der Waals surface area contributed by atoms with Crippen LogP contribution in [0.2, 0.25) is 0 Å². The molecule has 0 aromatic heterocycles. The highest BCUT2D eigenvalue weighted by Crippen LogP contribution is 2.19. The Labute approximate surface area is 121 Å². The van der Waals surface area contributed by atoms with Crippen molar-refractivity contribution < 1.29 is 14.7 Å². The van der Waals surface area contributed by atoms with Crippen molar-refractivity contribution >= 4 is 11.8 Å². The van der Waals surface area contributed by atoms with Crippen molar-refractivity contribution in [3.8, 4) is 0 Å². The number of aliphatic hydroxyl groups excluding tert-OH is 1. The molecule has 0 spiro atoms. The lowest BCUT2D eigenvalue weighted by molar-refractivity contribution is -0.138. The summed E-state index contributed by atoms with van der Waals surface area (Å²) in [6.45, 7) is 9.49. The fourth-order valence-electron chi connectivity index (χ4n) is 2.25. The van der Waals surface area contributed by atoms with E-state index in [9.17, 15) is 9.59 Å². The molecular formula is C15H28N2O3. The molecule has 1 aliphatic heterocycles. The number of hydrogen-bond donors (Lipinski definition) is 2. The number of aliphatic hydroxyl groups is 1. The maximum atomic E-state index is 12.1. The van der Waals surface area contributed by atoms with Crippen molar-refractivity contribution in [1.29, 1.82) is 0 Å². The fourth-order valence-corrected chi connectivity index (χ4v) is 2.25. The average Bonchev–Trinajstić information content (AvgIpc) is 2.44. The van der Waals surface area contributed by atoms with Gasteiger partial charge in [-0.15, -0.1) is 0 Å². The van der Waals surface area contributed by atoms with Crippen molar-refractivity contribution in [1.82, 2.24) is 10.2 Å². The number of carbonyl (C=O) groups excluding carboxylic acids is 2. The van der Waals surface area contributed by atoms with E-state index < -0.39 is 0 Å². The minimum Gasteiger partial charge on any atom is -0.396 e. The van der Waals surface area contributed by atoms with Gasteiger partial charge >= 0.3 is 0 Å². The Hall–Kier alpha value is -1.10. The smallest absolute Gasteiger partial charge is 0.225 e. The maximum Gasteiger partial charge on any atom is 0.225 e. The van der Waals surface area contributed by atoms with Gasteiger partial charge in [0.1, 0.15) is 0 Å². The molecule has 1 heterocycles. The number of hydrogen-bond acceptors (Lipinski definition) is 3. The quantitative estimate of drug-likeness (QED) is 0.792. The normalized spacial score (nSPS) is 17.4. The molecule has 0 aromatic carbocycles. The van der Waals surface area contributed by atoms with Crippen LogP contribution in [0.25, 0.3) is 0 Å². The summed E-state index contributed by atoms with van der Waals surface area (Å²) in [6, 6.07) is 0. The zero-order valence-electron chi connectivity index (χ0n) is 13.1. The zero-order chi connectivity index (χ0) is 15.3. The van der Waals surface area contributed by atoms with Gasteiger partial charge in [0.15, 0.2) is 0 Å². The molecule has 0 bridgehead atoms. The first-order chi connectivity index (χ1) is 9.26. The lowest BCUT2D eigenvalue weighted by atomic mass is 9.92. The number of piperidine rings is 1. The molecule has 0 aromatic rings. The van der Waals surface area contributed by atoms with E-state index in [0.29, 0.717) is 19.6 Å². The molecule has 116 valence electrons. The molecule has 2 N–H and O–H groups in total. The molecule has 5 nitrogen and oxygen atoms in total. The van der Waals surface area contributed by atoms with Gasteiger partial charge < -0.3 is 15.3 Å². The van der Waals surface area contributed by atoms with E-state index in [0.717, 1.165) is 12.8 Å². The van der Waals surface area contributed by atoms with Crippen molar-refractivity contribution in [3.05, 3.63) is 0 Å². The standard InChI is InChI=1S/C15H28N2O3/c1-11(2)14(20)17-7-5-12(6-8-17)13(19)16-9-15(3,4)10-18/h11-12,18H,5-10H2,1-4H3,(H,16,19). The summed E-state index contributed by atoms with van der Waals surface area (Å²) in [7, 11) is 0. The Balaban J connectivity index is 2.38. The Morgan fingerprint density at radius 2 is 1.85 bits per heavy atom. The summed E-state index contributed by atoms with van der Waals surface area (Å²) < 4.78 is 0. The highest BCUT2D eigenvalue weighted by atomic mass is 16.3. The first-order valence-corrected chi connectivity index (χ1v) is 7.44. The Morgan fingerprint density at radius 1 is 1.30 bits per heavy atom. The van der Waals surface area contributed by atoms with Crippen molar-refractivity contribution in [2.75, 3.05) is 26.2 Å². The third-order valence-corrected chi connectivity index (χ3v) is 3.84. The molecule has 20 heavy (non-hydrogen) atoms. The van der Waals surface area contributed by atoms with Crippen molar-refractivity contribution in [3.63, 3.8) is 0 Å². The van der Waals surface area contributed by atoms with Crippen LogP contribution in [0.3, 0.4) is 0 Å². The number of carbonyl (C=O) groups is 2. The molecule has 2 amide bonds. The molecule has 0 aliphatic carbocycles. The number of amides is 2. The number of rotatable bonds is 5. The van der Waals surface area contributed by atoms with Crippen LogP contribution in [0.1, 0.15) is 40.5 Å². The lowest BCUT2D eigenvalue weighted by Gasteiger charge is -2.33. The Bertz CT molecular complexity index is 345. The van der Waals surface area contributed by atoms with Crippen LogP contribution in [0.15, 0.2) is 0 Å². The second kappa shape index (κ2) is 7.07. The summed E-state index contributed by atoms with van der Waals surface area (Å²) in [6.07, 6.45) is 1.45. The van der Waals surface area contributed by atoms with E-state index in [1.807, 2.05) is 32.6 Å². The molecule has 0 unspecified atom stereocenters. The van der Waals surface area contributed by atoms with E-state index in [-0.39, 0.29) is 35.7 Å². The van der Waals surface area contributed by atoms with Gasteiger partial charge in [0.25, 0.3) is 0 Å². The molecule has 0 atom stereocenters. The Kier molecular flexibility index (Phi) is 5.99. The number of nitrogens with one attached hydrogen (secondary N) is 1. The minimum atomic E-state index is -0.288. The summed E-state index contributed by atoms with van der Waals surface area (Å²) in [5.74, 6) is 0.222. The summed E-state index contributed by atoms with van der Waals surface area (Å²) in [5.41, 5.74) is -0.288. The second-order valence-corrected chi connectivity index (χ2v) is 6.79. The van der Waals surface area contributed by atoms with Gasteiger partial charge in [0.2, 0.25) is 11.8 Å². The third kappa shape index (κ3) is 4.78. The largest absolute Gasteiger partial charge is 0.396 e. The van der Waals surface area contributed by atoms with Gasteiger partial charge in [0.05, 0.1) is 0 Å². The molecule has 1 fully saturated rings. The molecule has 5 heteroatoms. The zero-order valence-corrected chi connectivity index (χ0v) is 13.1. The molecular weight excluding hydrogens is 256 g/mol. The van der Waals surface area contributed by atoms with Crippen molar-refractivity contribution in [2.24, 2.45) is 17.3 Å². The summed E-state index contributed by atoms with van der Waals surface area (Å²) >= 11 is 0. The monoisotopic (exact) mass is 284 g/mol. The molecule has 1 saturated heterocycles. The van der Waals surface area contributed by atoms with Crippen LogP contribution in [-0.4, -0.2) is 48.1 Å². The SMILES string of the molecule is CC(C)C(=O)N1CCC(C(=O)NCC(C)(C)CO)CC1. The van der Waals surface area contributed by atoms with Gasteiger partial charge in [-0.2, -0.15) is 0 Å². The van der Waals surface area contributed by atoms with E-state index in [4.69, 9.17) is 5.11 Å². The lowest BCUT2D eigenvalue weighted by Crippen LogP contribution is -2.46. The average molecular weight is 284 g/mol. The highest BCUT2D eigenvalue weighted by molar-refractivity contribution is 5.80. The number of nitrogens with zero attached hydrogens (tertiary/aromatic N) is 1. The van der Waals surface area contributed by atoms with Gasteiger partial charge in [-0.25, -0.2) is 0 Å². The van der Waals surface area contributed by atoms with E-state index in [1.165, 1.54) is 0 Å². The van der Waals surface area contributed by atoms with Crippen LogP contribution >= 0.6 is 0 Å². The van der Waals surface area contributed by atoms with E-state index in [1.54, 1.807) is 0 Å². The van der Waals surface area contributed by atoms with Crippen LogP contribution in [0.4, 0.5) is 0 Å². The molecule has 0 saturated carbocycles. The summed E-state index contributed by atoms with van der Waals surface area (Å²) in [4.78, 5) is 25.8. The maximum absolute atomic E-state index is 12.1. The van der Waals surface area contributed by atoms with Crippen LogP contribution in [0, 0.1) is 17.3 Å². The number of likely N-dealkylation sites (tertiary alicyclic amines) is 1. The van der Waals surface area contributed by atoms with Crippen LogP contribution < -0.4 is 5.32 Å². The third-order valence-electron chi connectivity index (χ3n) is 3.84. The highest BCUT2D eigenvalue weighted by Gasteiger charge is 2.29. The van der Waals surface area contributed by atoms with Crippen LogP contribution in [0.5, 0.6) is 0 Å². The Morgan fingerprint density at radius 3 is 2.30 bits per heavy atom. The molecule has 1 rings (SSSR count). The minimum absolute atomic E-state index is 0.0132. The van der Waals surface area contributed by atoms with Gasteiger partial charge in [0, 0.05) is 43.5 Å². The molecule has 1 aliphatic rings. The predicted molar refractivity (Wildman–Crippen MR) is 78.0 cm³/mol. The first-order valence-electron chi connectivity index (χ1n) is 7.44. The van der Waals surface area contributed by atoms with E-state index in [2.05, 4.69) is 5.32 Å². The topological polar surface area (TPSA) is 69.6 Å². The fraction of sp³-hybridized carbons (Fsp3) is 0.867. The predicted octanol–water partition coefficient (Wildman–Crippen LogP) is 1.02. The molecule has 0 radical (unpaired) electrons. The van der Waals surface area contributed by atoms with Crippen molar-refractivity contribution in [2.45, 2.75) is 40.5 Å². The summed E-state index contributed by atoms with van der Waals surface area (Å²) in [5, 5.41) is 12.1. The first kappa shape index (κ1) is 17.0.